The Morgan fingerprint density at radius 1 is 1.16 bits per heavy atom. The SMILES string of the molecule is CC(=O)Nc1ccc([C@H]2OC2(C(N)=O)C(N)=O)cc1. The van der Waals surface area contributed by atoms with E-state index in [0.29, 0.717) is 11.3 Å². The number of epoxide rings is 1. The molecule has 0 aliphatic carbocycles. The minimum absolute atomic E-state index is 0.195. The third kappa shape index (κ3) is 2.15. The van der Waals surface area contributed by atoms with Gasteiger partial charge in [0.1, 0.15) is 6.10 Å². The number of benzene rings is 1. The van der Waals surface area contributed by atoms with E-state index < -0.39 is 23.5 Å². The smallest absolute Gasteiger partial charge is 0.262 e. The summed E-state index contributed by atoms with van der Waals surface area (Å²) in [7, 11) is 0. The Hall–Kier alpha value is -2.41. The van der Waals surface area contributed by atoms with E-state index in [0.717, 1.165) is 0 Å². The number of hydrogen-bond donors (Lipinski definition) is 3. The molecule has 1 atom stereocenters. The van der Waals surface area contributed by atoms with Crippen LogP contribution in [0.15, 0.2) is 24.3 Å². The summed E-state index contributed by atoms with van der Waals surface area (Å²) in [5, 5.41) is 2.59. The molecule has 100 valence electrons. The van der Waals surface area contributed by atoms with E-state index in [2.05, 4.69) is 5.32 Å². The number of hydrogen-bond acceptors (Lipinski definition) is 4. The van der Waals surface area contributed by atoms with Crippen molar-refractivity contribution in [3.63, 3.8) is 0 Å². The van der Waals surface area contributed by atoms with E-state index in [-0.39, 0.29) is 5.91 Å². The number of primary amides is 2. The molecule has 1 heterocycles. The van der Waals surface area contributed by atoms with E-state index in [1.54, 1.807) is 24.3 Å². The molecule has 1 aliphatic rings. The van der Waals surface area contributed by atoms with Crippen molar-refractivity contribution in [2.24, 2.45) is 11.5 Å². The van der Waals surface area contributed by atoms with Gasteiger partial charge in [-0.2, -0.15) is 0 Å². The summed E-state index contributed by atoms with van der Waals surface area (Å²) in [5.41, 5.74) is 9.70. The van der Waals surface area contributed by atoms with Gasteiger partial charge in [-0.05, 0) is 17.7 Å². The lowest BCUT2D eigenvalue weighted by atomic mass is 9.98. The molecule has 3 amide bonds. The third-order valence-corrected chi connectivity index (χ3v) is 2.88. The van der Waals surface area contributed by atoms with Gasteiger partial charge in [-0.25, -0.2) is 0 Å². The number of amides is 3. The van der Waals surface area contributed by atoms with Crippen molar-refractivity contribution in [1.82, 2.24) is 0 Å². The summed E-state index contributed by atoms with van der Waals surface area (Å²) in [6, 6.07) is 6.52. The number of carbonyl (C=O) groups excluding carboxylic acids is 3. The normalized spacial score (nSPS) is 19.5. The van der Waals surface area contributed by atoms with E-state index in [1.165, 1.54) is 6.92 Å². The Labute approximate surface area is 108 Å². The summed E-state index contributed by atoms with van der Waals surface area (Å²) in [4.78, 5) is 33.4. The molecule has 19 heavy (non-hydrogen) atoms. The third-order valence-electron chi connectivity index (χ3n) is 2.88. The van der Waals surface area contributed by atoms with Gasteiger partial charge in [0.05, 0.1) is 0 Å². The maximum atomic E-state index is 11.3. The van der Waals surface area contributed by atoms with Crippen LogP contribution in [0.5, 0.6) is 0 Å². The molecule has 0 saturated carbocycles. The molecule has 0 bridgehead atoms. The maximum absolute atomic E-state index is 11.3. The molecule has 1 aliphatic heterocycles. The van der Waals surface area contributed by atoms with Gasteiger partial charge < -0.3 is 21.5 Å². The first-order valence-corrected chi connectivity index (χ1v) is 5.53. The molecule has 1 aromatic rings. The first kappa shape index (κ1) is 13.0. The second-order valence-electron chi connectivity index (χ2n) is 4.27. The highest BCUT2D eigenvalue weighted by Crippen LogP contribution is 2.49. The fraction of sp³-hybridized carbons (Fsp3) is 0.250. The number of nitrogens with one attached hydrogen (secondary N) is 1. The second-order valence-corrected chi connectivity index (χ2v) is 4.27. The van der Waals surface area contributed by atoms with Crippen LogP contribution < -0.4 is 16.8 Å². The number of anilines is 1. The van der Waals surface area contributed by atoms with Crippen molar-refractivity contribution in [1.29, 1.82) is 0 Å². The first-order chi connectivity index (χ1) is 8.87. The van der Waals surface area contributed by atoms with Crippen LogP contribution in [0.25, 0.3) is 0 Å². The zero-order valence-corrected chi connectivity index (χ0v) is 10.2. The highest BCUT2D eigenvalue weighted by Gasteiger charge is 2.67. The molecule has 1 saturated heterocycles. The highest BCUT2D eigenvalue weighted by molar-refractivity contribution is 6.10. The second kappa shape index (κ2) is 4.36. The van der Waals surface area contributed by atoms with Crippen LogP contribution in [0, 0.1) is 0 Å². The van der Waals surface area contributed by atoms with Crippen LogP contribution >= 0.6 is 0 Å². The van der Waals surface area contributed by atoms with Crippen LogP contribution in [-0.2, 0) is 19.1 Å². The molecule has 0 aromatic heterocycles. The predicted molar refractivity (Wildman–Crippen MR) is 65.7 cm³/mol. The Balaban J connectivity index is 2.19. The molecule has 1 fully saturated rings. The Bertz CT molecular complexity index is 539. The minimum atomic E-state index is -1.75. The van der Waals surface area contributed by atoms with Crippen molar-refractivity contribution in [2.75, 3.05) is 5.32 Å². The van der Waals surface area contributed by atoms with E-state index in [4.69, 9.17) is 16.2 Å². The summed E-state index contributed by atoms with van der Waals surface area (Å²) < 4.78 is 5.10. The van der Waals surface area contributed by atoms with Crippen molar-refractivity contribution >= 4 is 23.4 Å². The zero-order chi connectivity index (χ0) is 14.2. The molecule has 1 aromatic carbocycles. The fourth-order valence-corrected chi connectivity index (χ4v) is 1.90. The van der Waals surface area contributed by atoms with Crippen LogP contribution in [0.2, 0.25) is 0 Å². The maximum Gasteiger partial charge on any atom is 0.262 e. The Kier molecular flexibility index (Phi) is 2.99. The van der Waals surface area contributed by atoms with Gasteiger partial charge in [0.15, 0.2) is 0 Å². The van der Waals surface area contributed by atoms with Gasteiger partial charge in [0.25, 0.3) is 17.4 Å². The molecule has 7 nitrogen and oxygen atoms in total. The van der Waals surface area contributed by atoms with Crippen molar-refractivity contribution in [3.05, 3.63) is 29.8 Å². The Morgan fingerprint density at radius 3 is 2.05 bits per heavy atom. The molecule has 2 rings (SSSR count). The average molecular weight is 263 g/mol. The number of carbonyl (C=O) groups is 3. The zero-order valence-electron chi connectivity index (χ0n) is 10.2. The lowest BCUT2D eigenvalue weighted by Gasteiger charge is -2.05. The van der Waals surface area contributed by atoms with E-state index in [9.17, 15) is 14.4 Å². The number of rotatable bonds is 4. The van der Waals surface area contributed by atoms with Crippen LogP contribution in [0.4, 0.5) is 5.69 Å². The van der Waals surface area contributed by atoms with Crippen LogP contribution in [0.1, 0.15) is 18.6 Å². The van der Waals surface area contributed by atoms with E-state index in [1.807, 2.05) is 0 Å². The summed E-state index contributed by atoms with van der Waals surface area (Å²) >= 11 is 0. The summed E-state index contributed by atoms with van der Waals surface area (Å²) in [6.07, 6.45) is -0.770. The minimum Gasteiger partial charge on any atom is -0.367 e. The quantitative estimate of drug-likeness (QED) is 0.496. The summed E-state index contributed by atoms with van der Waals surface area (Å²) in [5.74, 6) is -2.01. The van der Waals surface area contributed by atoms with E-state index >= 15 is 0 Å². The topological polar surface area (TPSA) is 128 Å². The standard InChI is InChI=1S/C12H13N3O4/c1-6(16)15-8-4-2-7(3-5-8)9-12(19-9,10(13)17)11(14)18/h2-5,9H,1H3,(H2,13,17)(H2,14,18)(H,15,16)/t9-/m1/s1. The van der Waals surface area contributed by atoms with Gasteiger partial charge in [0.2, 0.25) is 5.91 Å². The predicted octanol–water partition coefficient (Wildman–Crippen LogP) is -0.574. The lowest BCUT2D eigenvalue weighted by Crippen LogP contribution is -2.44. The van der Waals surface area contributed by atoms with Gasteiger partial charge in [-0.3, -0.25) is 14.4 Å². The number of nitrogens with two attached hydrogens (primary N) is 2. The van der Waals surface area contributed by atoms with Gasteiger partial charge in [-0.15, -0.1) is 0 Å². The van der Waals surface area contributed by atoms with Crippen molar-refractivity contribution in [3.8, 4) is 0 Å². The molecular weight excluding hydrogens is 250 g/mol. The van der Waals surface area contributed by atoms with Crippen molar-refractivity contribution < 1.29 is 19.1 Å². The highest BCUT2D eigenvalue weighted by atomic mass is 16.6. The largest absolute Gasteiger partial charge is 0.367 e. The average Bonchev–Trinajstić information content (AvgIpc) is 3.05. The van der Waals surface area contributed by atoms with Gasteiger partial charge in [0, 0.05) is 12.6 Å². The van der Waals surface area contributed by atoms with Crippen LogP contribution in [0.3, 0.4) is 0 Å². The molecule has 0 unspecified atom stereocenters. The lowest BCUT2D eigenvalue weighted by molar-refractivity contribution is -0.133. The monoisotopic (exact) mass is 263 g/mol. The van der Waals surface area contributed by atoms with Gasteiger partial charge in [-0.1, -0.05) is 12.1 Å². The van der Waals surface area contributed by atoms with Gasteiger partial charge >= 0.3 is 0 Å². The summed E-state index contributed by atoms with van der Waals surface area (Å²) in [6.45, 7) is 1.39. The molecule has 0 radical (unpaired) electrons. The molecule has 0 spiro atoms. The number of ether oxygens (including phenoxy) is 1. The van der Waals surface area contributed by atoms with Crippen molar-refractivity contribution in [2.45, 2.75) is 18.6 Å². The molecular formula is C12H13N3O4. The fourth-order valence-electron chi connectivity index (χ4n) is 1.90. The Morgan fingerprint density at radius 2 is 1.68 bits per heavy atom. The molecule has 5 N–H and O–H groups in total. The first-order valence-electron chi connectivity index (χ1n) is 5.53. The molecule has 7 heteroatoms. The van der Waals surface area contributed by atoms with Crippen LogP contribution in [-0.4, -0.2) is 23.3 Å².